The lowest BCUT2D eigenvalue weighted by Crippen LogP contribution is -2.46. The van der Waals surface area contributed by atoms with Gasteiger partial charge in [-0.3, -0.25) is 20.4 Å². The highest BCUT2D eigenvalue weighted by molar-refractivity contribution is 7.80. The summed E-state index contributed by atoms with van der Waals surface area (Å²) in [5.41, 5.74) is 6.38. The van der Waals surface area contributed by atoms with Crippen LogP contribution in [0.15, 0.2) is 48.5 Å². The van der Waals surface area contributed by atoms with Crippen LogP contribution in [0.5, 0.6) is 5.75 Å². The molecule has 3 N–H and O–H groups in total. The third kappa shape index (κ3) is 7.02. The van der Waals surface area contributed by atoms with Crippen molar-refractivity contribution in [2.75, 3.05) is 7.11 Å². The molecule has 6 nitrogen and oxygen atoms in total. The summed E-state index contributed by atoms with van der Waals surface area (Å²) in [4.78, 5) is 23.7. The number of carbonyl (C=O) groups is 2. The highest BCUT2D eigenvalue weighted by Crippen LogP contribution is 2.11. The summed E-state index contributed by atoms with van der Waals surface area (Å²) in [6.45, 7) is 0.481. The van der Waals surface area contributed by atoms with Crippen molar-refractivity contribution in [3.8, 4) is 5.75 Å². The first-order chi connectivity index (χ1) is 13.0. The lowest BCUT2D eigenvalue weighted by atomic mass is 10.1. The second-order valence-corrected chi connectivity index (χ2v) is 6.04. The van der Waals surface area contributed by atoms with E-state index in [0.717, 1.165) is 11.3 Å². The number of hydrogen-bond donors (Lipinski definition) is 3. The number of halogens is 1. The van der Waals surface area contributed by atoms with Crippen molar-refractivity contribution in [1.29, 1.82) is 0 Å². The summed E-state index contributed by atoms with van der Waals surface area (Å²) in [5, 5.41) is 3.20. The topological polar surface area (TPSA) is 79.5 Å². The van der Waals surface area contributed by atoms with Gasteiger partial charge in [0.05, 0.1) is 7.11 Å². The van der Waals surface area contributed by atoms with E-state index in [1.54, 1.807) is 7.11 Å². The van der Waals surface area contributed by atoms with Crippen LogP contribution in [0.1, 0.15) is 28.8 Å². The van der Waals surface area contributed by atoms with E-state index in [-0.39, 0.29) is 29.6 Å². The zero-order valence-corrected chi connectivity index (χ0v) is 15.6. The fourth-order valence-electron chi connectivity index (χ4n) is 2.17. The van der Waals surface area contributed by atoms with Crippen molar-refractivity contribution in [3.05, 3.63) is 65.5 Å². The van der Waals surface area contributed by atoms with E-state index in [9.17, 15) is 14.0 Å². The molecular weight excluding hydrogens is 369 g/mol. The number of rotatable bonds is 7. The maximum absolute atomic E-state index is 12.8. The molecule has 142 valence electrons. The van der Waals surface area contributed by atoms with E-state index in [4.69, 9.17) is 17.0 Å². The number of benzene rings is 2. The Morgan fingerprint density at radius 3 is 2.30 bits per heavy atom. The first-order valence-corrected chi connectivity index (χ1v) is 8.63. The van der Waals surface area contributed by atoms with Crippen molar-refractivity contribution < 1.29 is 18.7 Å². The van der Waals surface area contributed by atoms with Gasteiger partial charge in [-0.1, -0.05) is 12.1 Å². The van der Waals surface area contributed by atoms with Gasteiger partial charge in [-0.2, -0.15) is 0 Å². The fraction of sp³-hybridized carbons (Fsp3) is 0.211. The van der Waals surface area contributed by atoms with E-state index < -0.39 is 5.82 Å². The number of Topliss-reactive ketones (excluding diaryl/α,β-unsaturated/α-hetero) is 1. The molecule has 0 radical (unpaired) electrons. The maximum atomic E-state index is 12.8. The van der Waals surface area contributed by atoms with Gasteiger partial charge in [-0.25, -0.2) is 4.39 Å². The number of ether oxygens (including phenoxy) is 1. The van der Waals surface area contributed by atoms with Gasteiger partial charge in [-0.05, 0) is 54.2 Å². The largest absolute Gasteiger partial charge is 0.497 e. The van der Waals surface area contributed by atoms with Gasteiger partial charge in [0.2, 0.25) is 5.91 Å². The Labute approximate surface area is 162 Å². The fourth-order valence-corrected chi connectivity index (χ4v) is 2.29. The summed E-state index contributed by atoms with van der Waals surface area (Å²) in [5.74, 6) is -0.254. The van der Waals surface area contributed by atoms with Crippen LogP contribution in [-0.2, 0) is 11.3 Å². The standard InChI is InChI=1S/C19H20FN3O3S/c1-26-16-8-2-13(3-9-16)12-21-19(27)23-22-18(25)11-10-17(24)14-4-6-15(20)7-5-14/h2-9H,10-12H2,1H3,(H,22,25)(H2,21,23,27). The third-order valence-corrected chi connectivity index (χ3v) is 3.92. The zero-order valence-electron chi connectivity index (χ0n) is 14.8. The Morgan fingerprint density at radius 1 is 1.00 bits per heavy atom. The molecule has 2 aromatic rings. The summed E-state index contributed by atoms with van der Waals surface area (Å²) >= 11 is 5.08. The Hall–Kier alpha value is -3.00. The van der Waals surface area contributed by atoms with E-state index in [0.29, 0.717) is 12.1 Å². The molecule has 0 unspecified atom stereocenters. The van der Waals surface area contributed by atoms with Crippen LogP contribution in [0.3, 0.4) is 0 Å². The minimum Gasteiger partial charge on any atom is -0.497 e. The van der Waals surface area contributed by atoms with Crippen molar-refractivity contribution in [2.24, 2.45) is 0 Å². The van der Waals surface area contributed by atoms with E-state index >= 15 is 0 Å². The number of hydrazine groups is 1. The Balaban J connectivity index is 1.66. The summed E-state index contributed by atoms with van der Waals surface area (Å²) in [6.07, 6.45) is 0.00941. The average molecular weight is 389 g/mol. The van der Waals surface area contributed by atoms with Crippen molar-refractivity contribution in [1.82, 2.24) is 16.2 Å². The van der Waals surface area contributed by atoms with Gasteiger partial charge in [0, 0.05) is 24.9 Å². The Bertz CT molecular complexity index is 795. The molecule has 0 aliphatic rings. The number of nitrogens with one attached hydrogen (secondary N) is 3. The van der Waals surface area contributed by atoms with E-state index in [1.165, 1.54) is 24.3 Å². The number of amides is 1. The molecule has 0 aliphatic heterocycles. The predicted octanol–water partition coefficient (Wildman–Crippen LogP) is 2.49. The predicted molar refractivity (Wildman–Crippen MR) is 104 cm³/mol. The third-order valence-electron chi connectivity index (χ3n) is 3.67. The minimum absolute atomic E-state index is 0.00962. The molecule has 0 aliphatic carbocycles. The van der Waals surface area contributed by atoms with Crippen molar-refractivity contribution >= 4 is 29.0 Å². The first-order valence-electron chi connectivity index (χ1n) is 8.22. The minimum atomic E-state index is -0.413. The summed E-state index contributed by atoms with van der Waals surface area (Å²) in [7, 11) is 1.60. The first kappa shape index (κ1) is 20.3. The van der Waals surface area contributed by atoms with Crippen LogP contribution in [0.2, 0.25) is 0 Å². The van der Waals surface area contributed by atoms with Crippen LogP contribution in [0.4, 0.5) is 4.39 Å². The number of ketones is 1. The molecule has 0 heterocycles. The zero-order chi connectivity index (χ0) is 19.6. The van der Waals surface area contributed by atoms with Crippen LogP contribution in [-0.4, -0.2) is 23.9 Å². The van der Waals surface area contributed by atoms with Gasteiger partial charge in [0.25, 0.3) is 0 Å². The number of carbonyl (C=O) groups excluding carboxylic acids is 2. The molecule has 2 rings (SSSR count). The van der Waals surface area contributed by atoms with Crippen molar-refractivity contribution in [2.45, 2.75) is 19.4 Å². The second kappa shape index (κ2) is 10.2. The Kier molecular flexibility index (Phi) is 7.69. The highest BCUT2D eigenvalue weighted by Gasteiger charge is 2.09. The molecule has 0 atom stereocenters. The maximum Gasteiger partial charge on any atom is 0.238 e. The van der Waals surface area contributed by atoms with E-state index in [2.05, 4.69) is 16.2 Å². The molecule has 0 saturated heterocycles. The quantitative estimate of drug-likeness (QED) is 0.384. The number of thiocarbonyl (C=S) groups is 1. The highest BCUT2D eigenvalue weighted by atomic mass is 32.1. The molecular formula is C19H20FN3O3S. The van der Waals surface area contributed by atoms with Crippen LogP contribution >= 0.6 is 12.2 Å². The molecule has 2 aromatic carbocycles. The summed E-state index contributed by atoms with van der Waals surface area (Å²) in [6, 6.07) is 12.7. The summed E-state index contributed by atoms with van der Waals surface area (Å²) < 4.78 is 17.9. The average Bonchev–Trinajstić information content (AvgIpc) is 2.69. The van der Waals surface area contributed by atoms with Gasteiger partial charge < -0.3 is 10.1 Å². The molecule has 0 aromatic heterocycles. The molecule has 27 heavy (non-hydrogen) atoms. The van der Waals surface area contributed by atoms with Crippen LogP contribution in [0.25, 0.3) is 0 Å². The van der Waals surface area contributed by atoms with Gasteiger partial charge >= 0.3 is 0 Å². The second-order valence-electron chi connectivity index (χ2n) is 5.63. The SMILES string of the molecule is COc1ccc(CNC(=S)NNC(=O)CCC(=O)c2ccc(F)cc2)cc1. The van der Waals surface area contributed by atoms with Crippen LogP contribution < -0.4 is 20.9 Å². The Morgan fingerprint density at radius 2 is 1.67 bits per heavy atom. The van der Waals surface area contributed by atoms with E-state index in [1.807, 2.05) is 24.3 Å². The van der Waals surface area contributed by atoms with Gasteiger partial charge in [-0.15, -0.1) is 0 Å². The molecule has 1 amide bonds. The molecule has 0 fully saturated rings. The van der Waals surface area contributed by atoms with Gasteiger partial charge in [0.15, 0.2) is 10.9 Å². The monoisotopic (exact) mass is 389 g/mol. The normalized spacial score (nSPS) is 10.0. The lowest BCUT2D eigenvalue weighted by Gasteiger charge is -2.12. The smallest absolute Gasteiger partial charge is 0.238 e. The number of methoxy groups -OCH3 is 1. The van der Waals surface area contributed by atoms with Crippen molar-refractivity contribution in [3.63, 3.8) is 0 Å². The molecule has 8 heteroatoms. The van der Waals surface area contributed by atoms with Crippen LogP contribution in [0, 0.1) is 5.82 Å². The molecule has 0 spiro atoms. The van der Waals surface area contributed by atoms with Gasteiger partial charge in [0.1, 0.15) is 11.6 Å². The lowest BCUT2D eigenvalue weighted by molar-refractivity contribution is -0.121. The molecule has 0 saturated carbocycles. The molecule has 0 bridgehead atoms. The number of hydrogen-bond acceptors (Lipinski definition) is 4.